The van der Waals surface area contributed by atoms with Crippen LogP contribution in [0, 0.1) is 13.8 Å². The molecule has 0 aliphatic rings. The summed E-state index contributed by atoms with van der Waals surface area (Å²) in [6, 6.07) is 1.49. The molecule has 0 bridgehead atoms. The highest BCUT2D eigenvalue weighted by Gasteiger charge is 2.07. The average molecular weight is 153 g/mol. The second-order valence-corrected chi connectivity index (χ2v) is 2.60. The summed E-state index contributed by atoms with van der Waals surface area (Å²) in [6.45, 7) is 3.34. The summed E-state index contributed by atoms with van der Waals surface area (Å²) >= 11 is 0. The fourth-order valence-electron chi connectivity index (χ4n) is 0.910. The molecule has 0 atom stereocenters. The first-order valence-corrected chi connectivity index (χ1v) is 3.31. The molecule has 0 saturated heterocycles. The third-order valence-electron chi connectivity index (χ3n) is 1.77. The first kappa shape index (κ1) is 7.72. The predicted molar refractivity (Wildman–Crippen MR) is 43.7 cm³/mol. The maximum Gasteiger partial charge on any atom is 0.141 e. The quantitative estimate of drug-likeness (QED) is 0.299. The minimum absolute atomic E-state index is 0.0558. The van der Waals surface area contributed by atoms with E-state index < -0.39 is 0 Å². The molecule has 0 radical (unpaired) electrons. The monoisotopic (exact) mass is 153 g/mol. The Morgan fingerprint density at radius 2 is 1.82 bits per heavy atom. The van der Waals surface area contributed by atoms with Gasteiger partial charge in [0.25, 0.3) is 0 Å². The zero-order chi connectivity index (χ0) is 8.59. The zero-order valence-corrected chi connectivity index (χ0v) is 6.55. The van der Waals surface area contributed by atoms with E-state index in [0.29, 0.717) is 11.1 Å². The third-order valence-corrected chi connectivity index (χ3v) is 1.77. The topological polar surface area (TPSA) is 66.5 Å². The van der Waals surface area contributed by atoms with Gasteiger partial charge in [-0.15, -0.1) is 0 Å². The van der Waals surface area contributed by atoms with E-state index in [0.717, 1.165) is 0 Å². The van der Waals surface area contributed by atoms with Crippen LogP contribution in [0.3, 0.4) is 0 Å². The summed E-state index contributed by atoms with van der Waals surface area (Å²) < 4.78 is 0. The lowest BCUT2D eigenvalue weighted by atomic mass is 10.1. The lowest BCUT2D eigenvalue weighted by Crippen LogP contribution is -1.92. The smallest absolute Gasteiger partial charge is 0.141 e. The highest BCUT2D eigenvalue weighted by Crippen LogP contribution is 2.33. The molecular weight excluding hydrogens is 142 g/mol. The number of hydrogen-bond acceptors (Lipinski definition) is 3. The molecule has 0 saturated carbocycles. The number of benzene rings is 1. The molecule has 1 rings (SSSR count). The molecule has 0 spiro atoms. The van der Waals surface area contributed by atoms with Gasteiger partial charge in [-0.1, -0.05) is 0 Å². The predicted octanol–water partition coefficient (Wildman–Crippen LogP) is 1.30. The maximum absolute atomic E-state index is 9.28. The van der Waals surface area contributed by atoms with Crippen molar-refractivity contribution in [1.29, 1.82) is 0 Å². The lowest BCUT2D eigenvalue weighted by Gasteiger charge is -2.07. The molecular formula is C8H11NO2. The summed E-state index contributed by atoms with van der Waals surface area (Å²) in [6.07, 6.45) is 0. The van der Waals surface area contributed by atoms with Gasteiger partial charge in [0.15, 0.2) is 0 Å². The Morgan fingerprint density at radius 1 is 1.27 bits per heavy atom. The van der Waals surface area contributed by atoms with Gasteiger partial charge in [-0.25, -0.2) is 0 Å². The van der Waals surface area contributed by atoms with Gasteiger partial charge < -0.3 is 15.9 Å². The molecule has 0 aromatic heterocycles. The van der Waals surface area contributed by atoms with E-state index in [1.54, 1.807) is 13.8 Å². The van der Waals surface area contributed by atoms with E-state index in [4.69, 9.17) is 5.73 Å². The standard InChI is InChI=1S/C8H11NO2/c1-4-3-6(10)5(2)7(9)8(4)11/h3,10-11H,9H2,1-2H3. The van der Waals surface area contributed by atoms with Gasteiger partial charge in [0.1, 0.15) is 11.5 Å². The first-order valence-electron chi connectivity index (χ1n) is 3.31. The van der Waals surface area contributed by atoms with Crippen molar-refractivity contribution >= 4 is 5.69 Å². The van der Waals surface area contributed by atoms with Gasteiger partial charge in [0, 0.05) is 5.56 Å². The van der Waals surface area contributed by atoms with Crippen LogP contribution in [0.25, 0.3) is 0 Å². The maximum atomic E-state index is 9.28. The van der Waals surface area contributed by atoms with Gasteiger partial charge in [0.2, 0.25) is 0 Å². The fourth-order valence-corrected chi connectivity index (χ4v) is 0.910. The van der Waals surface area contributed by atoms with Crippen molar-refractivity contribution in [3.8, 4) is 11.5 Å². The van der Waals surface area contributed by atoms with E-state index in [1.165, 1.54) is 6.07 Å². The van der Waals surface area contributed by atoms with E-state index in [9.17, 15) is 10.2 Å². The van der Waals surface area contributed by atoms with Crippen molar-refractivity contribution in [2.45, 2.75) is 13.8 Å². The molecule has 0 amide bonds. The second-order valence-electron chi connectivity index (χ2n) is 2.60. The summed E-state index contributed by atoms with van der Waals surface area (Å²) in [4.78, 5) is 0. The fraction of sp³-hybridized carbons (Fsp3) is 0.250. The number of phenolic OH excluding ortho intramolecular Hbond substituents is 2. The van der Waals surface area contributed by atoms with Gasteiger partial charge >= 0.3 is 0 Å². The second kappa shape index (κ2) is 2.34. The molecule has 3 heteroatoms. The zero-order valence-electron chi connectivity index (χ0n) is 6.55. The number of nitrogens with two attached hydrogens (primary N) is 1. The SMILES string of the molecule is Cc1cc(O)c(C)c(N)c1O. The highest BCUT2D eigenvalue weighted by atomic mass is 16.3. The Morgan fingerprint density at radius 3 is 2.36 bits per heavy atom. The number of anilines is 1. The minimum atomic E-state index is 0.0558. The molecule has 0 aliphatic carbocycles. The molecule has 1 aromatic rings. The molecule has 0 heterocycles. The van der Waals surface area contributed by atoms with Gasteiger partial charge in [-0.3, -0.25) is 0 Å². The van der Waals surface area contributed by atoms with Crippen molar-refractivity contribution < 1.29 is 10.2 Å². The van der Waals surface area contributed by atoms with Crippen molar-refractivity contribution in [2.75, 3.05) is 5.73 Å². The summed E-state index contributed by atoms with van der Waals surface area (Å²) in [5.74, 6) is 0.179. The molecule has 4 N–H and O–H groups in total. The van der Waals surface area contributed by atoms with E-state index in [1.807, 2.05) is 0 Å². The number of nitrogen functional groups attached to an aromatic ring is 1. The van der Waals surface area contributed by atoms with Crippen LogP contribution in [0.4, 0.5) is 5.69 Å². The van der Waals surface area contributed by atoms with Gasteiger partial charge in [-0.05, 0) is 25.5 Å². The molecule has 0 aliphatic heterocycles. The molecule has 11 heavy (non-hydrogen) atoms. The molecule has 0 unspecified atom stereocenters. The summed E-state index contributed by atoms with van der Waals surface area (Å²) in [7, 11) is 0. The number of aryl methyl sites for hydroxylation is 1. The Hall–Kier alpha value is -1.38. The summed E-state index contributed by atoms with van der Waals surface area (Å²) in [5, 5.41) is 18.5. The minimum Gasteiger partial charge on any atom is -0.508 e. The Kier molecular flexibility index (Phi) is 1.64. The summed E-state index contributed by atoms with van der Waals surface area (Å²) in [5.41, 5.74) is 6.84. The van der Waals surface area contributed by atoms with Crippen LogP contribution in [0.1, 0.15) is 11.1 Å². The van der Waals surface area contributed by atoms with Crippen LogP contribution < -0.4 is 5.73 Å². The molecule has 3 nitrogen and oxygen atoms in total. The van der Waals surface area contributed by atoms with E-state index >= 15 is 0 Å². The van der Waals surface area contributed by atoms with Crippen LogP contribution in [0.2, 0.25) is 0 Å². The Balaban J connectivity index is 3.46. The number of rotatable bonds is 0. The van der Waals surface area contributed by atoms with Crippen molar-refractivity contribution in [2.24, 2.45) is 0 Å². The van der Waals surface area contributed by atoms with Crippen LogP contribution >= 0.6 is 0 Å². The molecule has 0 fully saturated rings. The Bertz CT molecular complexity index is 268. The number of aromatic hydroxyl groups is 2. The number of phenols is 2. The van der Waals surface area contributed by atoms with Crippen LogP contribution in [-0.4, -0.2) is 10.2 Å². The number of hydrogen-bond donors (Lipinski definition) is 3. The van der Waals surface area contributed by atoms with Crippen molar-refractivity contribution in [3.63, 3.8) is 0 Å². The van der Waals surface area contributed by atoms with E-state index in [2.05, 4.69) is 0 Å². The normalized spacial score (nSPS) is 10.0. The van der Waals surface area contributed by atoms with Crippen molar-refractivity contribution in [3.05, 3.63) is 17.2 Å². The van der Waals surface area contributed by atoms with Gasteiger partial charge in [0.05, 0.1) is 5.69 Å². The lowest BCUT2D eigenvalue weighted by molar-refractivity contribution is 0.456. The van der Waals surface area contributed by atoms with Crippen LogP contribution in [0.5, 0.6) is 11.5 Å². The van der Waals surface area contributed by atoms with Crippen molar-refractivity contribution in [1.82, 2.24) is 0 Å². The average Bonchev–Trinajstić information content (AvgIpc) is 1.97. The van der Waals surface area contributed by atoms with Crippen LogP contribution in [-0.2, 0) is 0 Å². The Labute approximate surface area is 65.1 Å². The first-order chi connectivity index (χ1) is 5.04. The van der Waals surface area contributed by atoms with Crippen LogP contribution in [0.15, 0.2) is 6.07 Å². The van der Waals surface area contributed by atoms with E-state index in [-0.39, 0.29) is 17.2 Å². The third kappa shape index (κ3) is 1.09. The molecule has 1 aromatic carbocycles. The largest absolute Gasteiger partial charge is 0.508 e. The van der Waals surface area contributed by atoms with Gasteiger partial charge in [-0.2, -0.15) is 0 Å². The highest BCUT2D eigenvalue weighted by molar-refractivity contribution is 5.65. The molecule has 60 valence electrons.